The van der Waals surface area contributed by atoms with Gasteiger partial charge in [-0.3, -0.25) is 9.00 Å². The zero-order valence-electron chi connectivity index (χ0n) is 16.6. The first-order chi connectivity index (χ1) is 14.8. The van der Waals surface area contributed by atoms with Gasteiger partial charge < -0.3 is 19.9 Å². The topological polar surface area (TPSA) is 99.8 Å². The molecule has 0 bridgehead atoms. The molecule has 4 rings (SSSR count). The molecule has 3 unspecified atom stereocenters. The molecule has 2 aromatic carbocycles. The average Bonchev–Trinajstić information content (AvgIpc) is 3.04. The van der Waals surface area contributed by atoms with Crippen molar-refractivity contribution in [3.8, 4) is 11.1 Å². The molecule has 1 aliphatic rings. The van der Waals surface area contributed by atoms with Gasteiger partial charge in [0.2, 0.25) is 0 Å². The molecule has 2 heterocycles. The van der Waals surface area contributed by atoms with Crippen LogP contribution in [0.15, 0.2) is 53.4 Å². The molecule has 0 radical (unpaired) electrons. The summed E-state index contributed by atoms with van der Waals surface area (Å²) in [6.45, 7) is 0.527. The van der Waals surface area contributed by atoms with Crippen molar-refractivity contribution in [2.45, 2.75) is 36.5 Å². The van der Waals surface area contributed by atoms with Crippen molar-refractivity contribution in [3.63, 3.8) is 0 Å². The molecule has 0 spiro atoms. The number of aliphatic hydroxyl groups is 2. The lowest BCUT2D eigenvalue weighted by Gasteiger charge is -2.17. The molecule has 3 aromatic rings. The highest BCUT2D eigenvalue weighted by atomic mass is 32.2. The minimum absolute atomic E-state index is 0.107. The highest BCUT2D eigenvalue weighted by Crippen LogP contribution is 2.40. The van der Waals surface area contributed by atoms with Gasteiger partial charge in [0.15, 0.2) is 0 Å². The van der Waals surface area contributed by atoms with Gasteiger partial charge >= 0.3 is 5.97 Å². The van der Waals surface area contributed by atoms with Crippen LogP contribution >= 0.6 is 0 Å². The summed E-state index contributed by atoms with van der Waals surface area (Å²) in [5.41, 5.74) is 3.25. The van der Waals surface area contributed by atoms with E-state index in [1.165, 1.54) is 18.2 Å². The van der Waals surface area contributed by atoms with Crippen molar-refractivity contribution >= 4 is 33.7 Å². The Labute approximate surface area is 180 Å². The summed E-state index contributed by atoms with van der Waals surface area (Å²) in [5, 5.41) is 29.7. The van der Waals surface area contributed by atoms with Crippen LogP contribution in [0.25, 0.3) is 28.1 Å². The van der Waals surface area contributed by atoms with Crippen molar-refractivity contribution < 1.29 is 28.7 Å². The second kappa shape index (κ2) is 8.74. The smallest absolute Gasteiger partial charge is 0.305 e. The number of aliphatic carboxylic acids is 1. The van der Waals surface area contributed by atoms with E-state index in [4.69, 9.17) is 5.11 Å². The Hall–Kier alpha value is -2.81. The van der Waals surface area contributed by atoms with E-state index in [0.29, 0.717) is 12.3 Å². The lowest BCUT2D eigenvalue weighted by Crippen LogP contribution is -2.19. The van der Waals surface area contributed by atoms with E-state index in [2.05, 4.69) is 0 Å². The summed E-state index contributed by atoms with van der Waals surface area (Å²) in [5.74, 6) is -1.02. The van der Waals surface area contributed by atoms with Crippen molar-refractivity contribution in [1.29, 1.82) is 0 Å². The van der Waals surface area contributed by atoms with E-state index in [-0.39, 0.29) is 12.2 Å². The highest BCUT2D eigenvalue weighted by Gasteiger charge is 2.25. The fourth-order valence-electron chi connectivity index (χ4n) is 4.03. The Morgan fingerprint density at radius 3 is 2.65 bits per heavy atom. The van der Waals surface area contributed by atoms with Crippen LogP contribution in [-0.2, 0) is 22.1 Å². The normalized spacial score (nSPS) is 17.8. The summed E-state index contributed by atoms with van der Waals surface area (Å²) < 4.78 is 28.1. The van der Waals surface area contributed by atoms with Crippen LogP contribution in [0.4, 0.5) is 4.39 Å². The molecule has 162 valence electrons. The minimum atomic E-state index is -1.16. The monoisotopic (exact) mass is 443 g/mol. The standard InChI is InChI=1S/C23H22FNO5S/c24-15-6-4-14(5-7-15)22-18-2-1-3-20-23(18)25(10-11-31(20)30)19(22)9-8-16(26)12-17(27)13-21(28)29/h1-9,16-17,26-27H,10-13H2,(H,28,29)/b9-8+. The molecule has 0 amide bonds. The first-order valence-corrected chi connectivity index (χ1v) is 11.2. The second-order valence-electron chi connectivity index (χ2n) is 7.53. The van der Waals surface area contributed by atoms with Gasteiger partial charge in [-0.2, -0.15) is 0 Å². The van der Waals surface area contributed by atoms with E-state index in [1.807, 2.05) is 22.8 Å². The van der Waals surface area contributed by atoms with Crippen molar-refractivity contribution in [2.75, 3.05) is 5.75 Å². The van der Waals surface area contributed by atoms with Gasteiger partial charge in [0, 0.05) is 35.4 Å². The molecule has 6 nitrogen and oxygen atoms in total. The Kier molecular flexibility index (Phi) is 6.04. The van der Waals surface area contributed by atoms with Crippen LogP contribution in [0.5, 0.6) is 0 Å². The number of para-hydroxylation sites is 1. The van der Waals surface area contributed by atoms with Gasteiger partial charge in [0.1, 0.15) is 5.82 Å². The first-order valence-electron chi connectivity index (χ1n) is 9.91. The van der Waals surface area contributed by atoms with Crippen molar-refractivity contribution in [2.24, 2.45) is 0 Å². The maximum absolute atomic E-state index is 13.5. The maximum atomic E-state index is 13.5. The van der Waals surface area contributed by atoms with Gasteiger partial charge in [-0.25, -0.2) is 4.39 Å². The number of aromatic nitrogens is 1. The number of carboxylic acid groups (broad SMARTS) is 1. The predicted octanol–water partition coefficient (Wildman–Crippen LogP) is 3.17. The average molecular weight is 443 g/mol. The SMILES string of the molecule is O=C(O)CC(O)CC(O)/C=C/c1c(-c2ccc(F)cc2)c2cccc3c2n1CCS3=O. The van der Waals surface area contributed by atoms with Crippen LogP contribution in [-0.4, -0.2) is 48.0 Å². The third kappa shape index (κ3) is 4.32. The largest absolute Gasteiger partial charge is 0.481 e. The zero-order valence-corrected chi connectivity index (χ0v) is 17.4. The minimum Gasteiger partial charge on any atom is -0.481 e. The van der Waals surface area contributed by atoms with Gasteiger partial charge in [-0.05, 0) is 29.8 Å². The lowest BCUT2D eigenvalue weighted by molar-refractivity contribution is -0.139. The lowest BCUT2D eigenvalue weighted by atomic mass is 10.0. The van der Waals surface area contributed by atoms with Gasteiger partial charge in [-0.15, -0.1) is 0 Å². The second-order valence-corrected chi connectivity index (χ2v) is 9.07. The fourth-order valence-corrected chi connectivity index (χ4v) is 5.27. The van der Waals surface area contributed by atoms with E-state index in [1.54, 1.807) is 18.2 Å². The van der Waals surface area contributed by atoms with Gasteiger partial charge in [0.05, 0.1) is 39.8 Å². The number of benzene rings is 2. The summed E-state index contributed by atoms with van der Waals surface area (Å²) >= 11 is 0. The first kappa shape index (κ1) is 21.4. The summed E-state index contributed by atoms with van der Waals surface area (Å²) in [6.07, 6.45) is 0.493. The van der Waals surface area contributed by atoms with Crippen LogP contribution in [0.3, 0.4) is 0 Å². The van der Waals surface area contributed by atoms with E-state index < -0.39 is 35.4 Å². The number of hydrogen-bond acceptors (Lipinski definition) is 4. The molecule has 31 heavy (non-hydrogen) atoms. The number of rotatable bonds is 7. The number of carbonyl (C=O) groups is 1. The van der Waals surface area contributed by atoms with Gasteiger partial charge in [-0.1, -0.05) is 30.3 Å². The van der Waals surface area contributed by atoms with Crippen molar-refractivity contribution in [3.05, 3.63) is 60.1 Å². The highest BCUT2D eigenvalue weighted by molar-refractivity contribution is 7.85. The molecular weight excluding hydrogens is 421 g/mol. The number of hydrogen-bond donors (Lipinski definition) is 3. The zero-order chi connectivity index (χ0) is 22.1. The van der Waals surface area contributed by atoms with Crippen LogP contribution < -0.4 is 0 Å². The number of aliphatic hydroxyl groups excluding tert-OH is 2. The quantitative estimate of drug-likeness (QED) is 0.521. The fraction of sp³-hybridized carbons (Fsp3) is 0.261. The molecule has 0 saturated carbocycles. The molecule has 0 aliphatic carbocycles. The van der Waals surface area contributed by atoms with Gasteiger partial charge in [0.25, 0.3) is 0 Å². The van der Waals surface area contributed by atoms with E-state index in [0.717, 1.165) is 32.6 Å². The maximum Gasteiger partial charge on any atom is 0.305 e. The Morgan fingerprint density at radius 1 is 1.19 bits per heavy atom. The molecule has 0 fully saturated rings. The third-order valence-electron chi connectivity index (χ3n) is 5.36. The van der Waals surface area contributed by atoms with Crippen LogP contribution in [0.2, 0.25) is 0 Å². The molecule has 1 aliphatic heterocycles. The summed E-state index contributed by atoms with van der Waals surface area (Å²) in [6, 6.07) is 11.7. The Bertz CT molecular complexity index is 1180. The summed E-state index contributed by atoms with van der Waals surface area (Å²) in [7, 11) is -1.11. The molecule has 8 heteroatoms. The van der Waals surface area contributed by atoms with Crippen LogP contribution in [0, 0.1) is 5.82 Å². The molecule has 1 aromatic heterocycles. The molecule has 3 N–H and O–H groups in total. The molecular formula is C23H22FNO5S. The van der Waals surface area contributed by atoms with Crippen molar-refractivity contribution in [1.82, 2.24) is 4.57 Å². The van der Waals surface area contributed by atoms with E-state index >= 15 is 0 Å². The predicted molar refractivity (Wildman–Crippen MR) is 117 cm³/mol. The third-order valence-corrected chi connectivity index (χ3v) is 6.74. The Morgan fingerprint density at radius 2 is 1.94 bits per heavy atom. The number of carboxylic acids is 1. The number of aryl methyl sites for hydroxylation is 1. The Balaban J connectivity index is 1.80. The molecule has 3 atom stereocenters. The number of nitrogens with zero attached hydrogens (tertiary/aromatic N) is 1. The molecule has 0 saturated heterocycles. The summed E-state index contributed by atoms with van der Waals surface area (Å²) in [4.78, 5) is 11.5. The number of halogens is 1. The van der Waals surface area contributed by atoms with E-state index in [9.17, 15) is 23.6 Å². The van der Waals surface area contributed by atoms with Crippen LogP contribution in [0.1, 0.15) is 18.5 Å².